The topological polar surface area (TPSA) is 85.6 Å². The summed E-state index contributed by atoms with van der Waals surface area (Å²) in [4.78, 5) is 2.40. The number of hydrazone groups is 1. The molecule has 0 radical (unpaired) electrons. The van der Waals surface area contributed by atoms with Crippen molar-refractivity contribution in [2.45, 2.75) is 18.7 Å². The van der Waals surface area contributed by atoms with Crippen LogP contribution in [0, 0.1) is 0 Å². The Kier molecular flexibility index (Phi) is 6.11. The molecule has 8 heteroatoms. The average molecular weight is 401 g/mol. The number of fused-ring (bicyclic) bond motifs is 1. The van der Waals surface area contributed by atoms with Gasteiger partial charge in [-0.3, -0.25) is 0 Å². The van der Waals surface area contributed by atoms with E-state index in [1.54, 1.807) is 24.4 Å². The lowest BCUT2D eigenvalue weighted by Gasteiger charge is -2.21. The van der Waals surface area contributed by atoms with E-state index in [1.165, 1.54) is 11.1 Å². The van der Waals surface area contributed by atoms with E-state index in [1.807, 2.05) is 24.3 Å². The highest BCUT2D eigenvalue weighted by molar-refractivity contribution is 7.90. The Morgan fingerprint density at radius 3 is 2.39 bits per heavy atom. The SMILES string of the molecule is CCN(CC)c1ccc(/C=N\N(CCO)C2=NS(=O)(=O)c3ccccc32)cc1. The summed E-state index contributed by atoms with van der Waals surface area (Å²) in [7, 11) is -3.74. The normalized spacial score (nSPS) is 14.8. The van der Waals surface area contributed by atoms with Crippen molar-refractivity contribution in [3.05, 3.63) is 59.7 Å². The molecule has 0 saturated carbocycles. The third-order valence-electron chi connectivity index (χ3n) is 4.54. The van der Waals surface area contributed by atoms with E-state index in [0.29, 0.717) is 5.56 Å². The van der Waals surface area contributed by atoms with Gasteiger partial charge < -0.3 is 10.0 Å². The van der Waals surface area contributed by atoms with Crippen molar-refractivity contribution in [1.82, 2.24) is 5.01 Å². The van der Waals surface area contributed by atoms with Crippen molar-refractivity contribution in [2.24, 2.45) is 9.50 Å². The summed E-state index contributed by atoms with van der Waals surface area (Å²) in [6.45, 7) is 6.04. The van der Waals surface area contributed by atoms with Crippen LogP contribution in [0.4, 0.5) is 5.69 Å². The summed E-state index contributed by atoms with van der Waals surface area (Å²) in [5.41, 5.74) is 2.49. The number of hydrogen-bond donors (Lipinski definition) is 1. The molecule has 0 unspecified atom stereocenters. The second kappa shape index (κ2) is 8.53. The van der Waals surface area contributed by atoms with Gasteiger partial charge in [-0.15, -0.1) is 4.40 Å². The molecule has 148 valence electrons. The predicted molar refractivity (Wildman–Crippen MR) is 112 cm³/mol. The third-order valence-corrected chi connectivity index (χ3v) is 5.86. The highest BCUT2D eigenvalue weighted by Crippen LogP contribution is 2.27. The number of aliphatic hydroxyl groups is 1. The Labute approximate surface area is 165 Å². The summed E-state index contributed by atoms with van der Waals surface area (Å²) in [6.07, 6.45) is 1.64. The molecule has 0 atom stereocenters. The van der Waals surface area contributed by atoms with E-state index >= 15 is 0 Å². The maximum Gasteiger partial charge on any atom is 0.285 e. The molecule has 0 amide bonds. The van der Waals surface area contributed by atoms with E-state index < -0.39 is 10.0 Å². The monoisotopic (exact) mass is 400 g/mol. The van der Waals surface area contributed by atoms with Gasteiger partial charge in [0.2, 0.25) is 0 Å². The molecule has 0 bridgehead atoms. The average Bonchev–Trinajstić information content (AvgIpc) is 2.98. The summed E-state index contributed by atoms with van der Waals surface area (Å²) in [6, 6.07) is 14.6. The summed E-state index contributed by atoms with van der Waals surface area (Å²) < 4.78 is 28.4. The van der Waals surface area contributed by atoms with Gasteiger partial charge in [-0.05, 0) is 43.7 Å². The van der Waals surface area contributed by atoms with Crippen molar-refractivity contribution in [1.29, 1.82) is 0 Å². The van der Waals surface area contributed by atoms with Gasteiger partial charge in [-0.1, -0.05) is 24.3 Å². The molecule has 1 N–H and O–H groups in total. The lowest BCUT2D eigenvalue weighted by atomic mass is 10.2. The molecule has 1 aliphatic heterocycles. The van der Waals surface area contributed by atoms with E-state index in [-0.39, 0.29) is 23.9 Å². The number of rotatable bonds is 7. The van der Waals surface area contributed by atoms with Gasteiger partial charge in [-0.25, -0.2) is 5.01 Å². The summed E-state index contributed by atoms with van der Waals surface area (Å²) in [5, 5.41) is 15.2. The number of aliphatic hydroxyl groups excluding tert-OH is 1. The molecule has 0 saturated heterocycles. The number of sulfonamides is 1. The molecule has 0 fully saturated rings. The lowest BCUT2D eigenvalue weighted by molar-refractivity contribution is 0.254. The molecule has 2 aromatic rings. The Morgan fingerprint density at radius 1 is 1.07 bits per heavy atom. The standard InChI is InChI=1S/C20H24N4O3S/c1-3-23(4-2)17-11-9-16(10-12-17)15-21-24(13-14-25)20-18-7-5-6-8-19(18)28(26,27)22-20/h5-12,15,25H,3-4,13-14H2,1-2H3/b21-15-. The molecule has 1 aliphatic rings. The van der Waals surface area contributed by atoms with Gasteiger partial charge in [-0.2, -0.15) is 13.5 Å². The predicted octanol–water partition coefficient (Wildman–Crippen LogP) is 2.31. The first kappa shape index (κ1) is 20.0. The van der Waals surface area contributed by atoms with Crippen molar-refractivity contribution in [2.75, 3.05) is 31.1 Å². The highest BCUT2D eigenvalue weighted by atomic mass is 32.2. The van der Waals surface area contributed by atoms with Gasteiger partial charge >= 0.3 is 0 Å². The first-order valence-electron chi connectivity index (χ1n) is 9.22. The minimum atomic E-state index is -3.74. The molecular formula is C20H24N4O3S. The Bertz CT molecular complexity index is 981. The van der Waals surface area contributed by atoms with Crippen LogP contribution in [0.5, 0.6) is 0 Å². The number of amidine groups is 1. The van der Waals surface area contributed by atoms with Gasteiger partial charge in [0.15, 0.2) is 5.84 Å². The van der Waals surface area contributed by atoms with Crippen LogP contribution in [0.15, 0.2) is 62.9 Å². The highest BCUT2D eigenvalue weighted by Gasteiger charge is 2.31. The smallest absolute Gasteiger partial charge is 0.285 e. The summed E-state index contributed by atoms with van der Waals surface area (Å²) >= 11 is 0. The van der Waals surface area contributed by atoms with Crippen LogP contribution in [0.3, 0.4) is 0 Å². The molecule has 7 nitrogen and oxygen atoms in total. The fourth-order valence-corrected chi connectivity index (χ4v) is 4.29. The van der Waals surface area contributed by atoms with Gasteiger partial charge in [0.1, 0.15) is 4.90 Å². The zero-order chi connectivity index (χ0) is 20.1. The third kappa shape index (κ3) is 4.07. The number of hydrogen-bond acceptors (Lipinski definition) is 6. The Morgan fingerprint density at radius 2 is 1.75 bits per heavy atom. The van der Waals surface area contributed by atoms with Crippen LogP contribution in [0.1, 0.15) is 25.0 Å². The zero-order valence-electron chi connectivity index (χ0n) is 16.0. The van der Waals surface area contributed by atoms with Gasteiger partial charge in [0.05, 0.1) is 19.4 Å². The van der Waals surface area contributed by atoms with E-state index in [0.717, 1.165) is 24.3 Å². The number of anilines is 1. The maximum atomic E-state index is 12.3. The van der Waals surface area contributed by atoms with Crippen LogP contribution in [-0.2, 0) is 10.0 Å². The fourth-order valence-electron chi connectivity index (χ4n) is 3.08. The number of nitrogens with zero attached hydrogens (tertiary/aromatic N) is 4. The van der Waals surface area contributed by atoms with E-state index in [4.69, 9.17) is 0 Å². The van der Waals surface area contributed by atoms with E-state index in [9.17, 15) is 13.5 Å². The second-order valence-corrected chi connectivity index (χ2v) is 7.81. The Hall–Kier alpha value is -2.71. The quantitative estimate of drug-likeness (QED) is 0.569. The second-order valence-electron chi connectivity index (χ2n) is 6.24. The molecule has 2 aromatic carbocycles. The van der Waals surface area contributed by atoms with Crippen LogP contribution in [0.25, 0.3) is 0 Å². The summed E-state index contributed by atoms with van der Waals surface area (Å²) in [5.74, 6) is 0.223. The number of benzene rings is 2. The largest absolute Gasteiger partial charge is 0.394 e. The van der Waals surface area contributed by atoms with Crippen molar-refractivity contribution >= 4 is 27.8 Å². The maximum absolute atomic E-state index is 12.3. The van der Waals surface area contributed by atoms with Crippen LogP contribution >= 0.6 is 0 Å². The van der Waals surface area contributed by atoms with Crippen LogP contribution < -0.4 is 4.90 Å². The van der Waals surface area contributed by atoms with Crippen LogP contribution in [0.2, 0.25) is 0 Å². The van der Waals surface area contributed by atoms with Crippen molar-refractivity contribution in [3.63, 3.8) is 0 Å². The first-order chi connectivity index (χ1) is 13.5. The van der Waals surface area contributed by atoms with Crippen LogP contribution in [-0.4, -0.2) is 56.8 Å². The fraction of sp³-hybridized carbons (Fsp3) is 0.300. The molecule has 1 heterocycles. The molecule has 0 aromatic heterocycles. The lowest BCUT2D eigenvalue weighted by Crippen LogP contribution is -2.28. The molecule has 3 rings (SSSR count). The van der Waals surface area contributed by atoms with Gasteiger partial charge in [0, 0.05) is 24.3 Å². The van der Waals surface area contributed by atoms with E-state index in [2.05, 4.69) is 28.2 Å². The Balaban J connectivity index is 1.86. The molecule has 0 aliphatic carbocycles. The zero-order valence-corrected chi connectivity index (χ0v) is 16.8. The molecular weight excluding hydrogens is 376 g/mol. The van der Waals surface area contributed by atoms with Gasteiger partial charge in [0.25, 0.3) is 10.0 Å². The minimum absolute atomic E-state index is 0.136. The molecule has 0 spiro atoms. The van der Waals surface area contributed by atoms with Crippen molar-refractivity contribution in [3.8, 4) is 0 Å². The molecule has 28 heavy (non-hydrogen) atoms. The first-order valence-corrected chi connectivity index (χ1v) is 10.7. The van der Waals surface area contributed by atoms with Crippen molar-refractivity contribution < 1.29 is 13.5 Å². The minimum Gasteiger partial charge on any atom is -0.394 e.